The van der Waals surface area contributed by atoms with Crippen molar-refractivity contribution in [3.63, 3.8) is 0 Å². The fourth-order valence-corrected chi connectivity index (χ4v) is 5.34. The Morgan fingerprint density at radius 2 is 0.923 bits per heavy atom. The number of sulfone groups is 1. The van der Waals surface area contributed by atoms with Crippen molar-refractivity contribution < 1.29 is 18.3 Å². The highest BCUT2D eigenvalue weighted by Gasteiger charge is 2.23. The van der Waals surface area contributed by atoms with E-state index in [0.717, 1.165) is 16.7 Å². The third-order valence-electron chi connectivity index (χ3n) is 6.57. The molecule has 206 valence electrons. The van der Waals surface area contributed by atoms with Gasteiger partial charge in [-0.3, -0.25) is 0 Å². The molecule has 4 rings (SSSR count). The van der Waals surface area contributed by atoms with E-state index < -0.39 is 9.84 Å². The molecule has 0 aliphatic rings. The van der Waals surface area contributed by atoms with Gasteiger partial charge in [0, 0.05) is 5.41 Å². The van der Waals surface area contributed by atoms with Gasteiger partial charge in [-0.25, -0.2) is 8.42 Å². The summed E-state index contributed by atoms with van der Waals surface area (Å²) in [5, 5.41) is 9.58. The summed E-state index contributed by atoms with van der Waals surface area (Å²) < 4.78 is 32.1. The third kappa shape index (κ3) is 7.30. The van der Waals surface area contributed by atoms with Crippen LogP contribution in [0.4, 0.5) is 0 Å². The van der Waals surface area contributed by atoms with Crippen LogP contribution in [-0.4, -0.2) is 13.5 Å². The molecule has 4 aromatic rings. The summed E-state index contributed by atoms with van der Waals surface area (Å²) in [6.07, 6.45) is 1.25. The van der Waals surface area contributed by atoms with Gasteiger partial charge < -0.3 is 9.84 Å². The molecule has 0 heterocycles. The number of phenols is 1. The molecule has 0 aliphatic carbocycles. The Hall–Kier alpha value is -3.57. The van der Waals surface area contributed by atoms with Crippen molar-refractivity contribution in [2.24, 2.45) is 0 Å². The van der Waals surface area contributed by atoms with Gasteiger partial charge in [-0.05, 0) is 82.8 Å². The van der Waals surface area contributed by atoms with Crippen molar-refractivity contribution >= 4 is 9.84 Å². The van der Waals surface area contributed by atoms with Crippen molar-refractivity contribution in [2.45, 2.75) is 75.5 Å². The molecule has 0 fully saturated rings. The SMILES string of the molecule is CC(C)(C)c1ccc(S(=O)(=O)c2ccc(Oc3ccc(C(C)(C)c4ccc(O)cc4)cc3)cc2)cc1.CCC. The molecule has 39 heavy (non-hydrogen) atoms. The summed E-state index contributed by atoms with van der Waals surface area (Å²) in [6, 6.07) is 28.6. The van der Waals surface area contributed by atoms with E-state index >= 15 is 0 Å². The quantitative estimate of drug-likeness (QED) is 0.263. The maximum atomic E-state index is 13.1. The fourth-order valence-electron chi connectivity index (χ4n) is 4.08. The summed E-state index contributed by atoms with van der Waals surface area (Å²) in [5.41, 5.74) is 3.01. The largest absolute Gasteiger partial charge is 0.508 e. The van der Waals surface area contributed by atoms with Gasteiger partial charge in [0.1, 0.15) is 17.2 Å². The summed E-state index contributed by atoms with van der Waals surface area (Å²) in [6.45, 7) is 14.8. The first-order valence-electron chi connectivity index (χ1n) is 13.3. The highest BCUT2D eigenvalue weighted by molar-refractivity contribution is 7.91. The molecule has 4 aromatic carbocycles. The zero-order chi connectivity index (χ0) is 28.8. The standard InChI is InChI=1S/C31H32O4S.C3H8/c1-30(2,3)22-10-18-28(19-11-22)36(33,34)29-20-16-27(17-21-29)35-26-14-8-24(9-15-26)31(4,5)23-6-12-25(32)13-7-23;1-3-2/h6-21,32H,1-5H3;3H2,1-2H3. The lowest BCUT2D eigenvalue weighted by molar-refractivity contribution is 0.474. The highest BCUT2D eigenvalue weighted by atomic mass is 32.2. The molecule has 0 unspecified atom stereocenters. The van der Waals surface area contributed by atoms with Crippen LogP contribution in [0.25, 0.3) is 0 Å². The normalized spacial score (nSPS) is 11.9. The van der Waals surface area contributed by atoms with Crippen LogP contribution in [0.1, 0.15) is 71.6 Å². The average molecular weight is 545 g/mol. The molecule has 0 saturated carbocycles. The number of phenolic OH excluding ortho intramolecular Hbond substituents is 1. The molecule has 0 aromatic heterocycles. The first kappa shape index (κ1) is 30.0. The first-order chi connectivity index (χ1) is 18.3. The van der Waals surface area contributed by atoms with Gasteiger partial charge in [0.15, 0.2) is 0 Å². The molecular formula is C34H40O4S. The minimum atomic E-state index is -3.61. The Kier molecular flexibility index (Phi) is 9.29. The van der Waals surface area contributed by atoms with Gasteiger partial charge in [0.05, 0.1) is 9.79 Å². The van der Waals surface area contributed by atoms with Crippen molar-refractivity contribution in [2.75, 3.05) is 0 Å². The van der Waals surface area contributed by atoms with Gasteiger partial charge in [-0.2, -0.15) is 0 Å². The average Bonchev–Trinajstić information content (AvgIpc) is 2.90. The van der Waals surface area contributed by atoms with Crippen LogP contribution in [0.3, 0.4) is 0 Å². The Bertz CT molecular complexity index is 1440. The number of benzene rings is 4. The van der Waals surface area contributed by atoms with Crippen LogP contribution >= 0.6 is 0 Å². The van der Waals surface area contributed by atoms with Gasteiger partial charge in [0.25, 0.3) is 0 Å². The van der Waals surface area contributed by atoms with E-state index in [1.807, 2.05) is 48.5 Å². The second kappa shape index (κ2) is 12.1. The lowest BCUT2D eigenvalue weighted by Crippen LogP contribution is -2.18. The first-order valence-corrected chi connectivity index (χ1v) is 14.8. The van der Waals surface area contributed by atoms with Crippen molar-refractivity contribution in [3.05, 3.63) is 114 Å². The molecule has 0 spiro atoms. The van der Waals surface area contributed by atoms with Crippen LogP contribution in [0.15, 0.2) is 107 Å². The van der Waals surface area contributed by atoms with Crippen molar-refractivity contribution in [1.29, 1.82) is 0 Å². The zero-order valence-electron chi connectivity index (χ0n) is 24.0. The third-order valence-corrected chi connectivity index (χ3v) is 8.35. The van der Waals surface area contributed by atoms with E-state index in [1.165, 1.54) is 6.42 Å². The lowest BCUT2D eigenvalue weighted by Gasteiger charge is -2.26. The van der Waals surface area contributed by atoms with E-state index in [0.29, 0.717) is 11.5 Å². The van der Waals surface area contributed by atoms with E-state index in [-0.39, 0.29) is 26.4 Å². The molecular weight excluding hydrogens is 504 g/mol. The van der Waals surface area contributed by atoms with Crippen LogP contribution in [0.2, 0.25) is 0 Å². The van der Waals surface area contributed by atoms with E-state index in [2.05, 4.69) is 48.5 Å². The maximum Gasteiger partial charge on any atom is 0.206 e. The minimum Gasteiger partial charge on any atom is -0.508 e. The predicted molar refractivity (Wildman–Crippen MR) is 160 cm³/mol. The topological polar surface area (TPSA) is 63.6 Å². The number of hydrogen-bond acceptors (Lipinski definition) is 4. The summed E-state index contributed by atoms with van der Waals surface area (Å²) in [7, 11) is -3.61. The molecule has 0 amide bonds. The lowest BCUT2D eigenvalue weighted by atomic mass is 9.78. The molecule has 4 nitrogen and oxygen atoms in total. The summed E-state index contributed by atoms with van der Waals surface area (Å²) in [4.78, 5) is 0.500. The van der Waals surface area contributed by atoms with E-state index in [4.69, 9.17) is 4.74 Å². The number of rotatable bonds is 6. The maximum absolute atomic E-state index is 13.1. The molecule has 0 radical (unpaired) electrons. The smallest absolute Gasteiger partial charge is 0.206 e. The zero-order valence-corrected chi connectivity index (χ0v) is 24.8. The van der Waals surface area contributed by atoms with Crippen LogP contribution in [-0.2, 0) is 20.7 Å². The second-order valence-electron chi connectivity index (χ2n) is 11.3. The minimum absolute atomic E-state index is 0.0409. The molecule has 0 bridgehead atoms. The summed E-state index contributed by atoms with van der Waals surface area (Å²) >= 11 is 0. The van der Waals surface area contributed by atoms with Crippen LogP contribution in [0.5, 0.6) is 17.2 Å². The summed E-state index contributed by atoms with van der Waals surface area (Å²) in [5.74, 6) is 1.46. The van der Waals surface area contributed by atoms with Crippen LogP contribution in [0, 0.1) is 0 Å². The number of ether oxygens (including phenoxy) is 1. The van der Waals surface area contributed by atoms with E-state index in [9.17, 15) is 13.5 Å². The number of aromatic hydroxyl groups is 1. The van der Waals surface area contributed by atoms with Gasteiger partial charge in [-0.1, -0.05) is 91.3 Å². The Morgan fingerprint density at radius 1 is 0.590 bits per heavy atom. The monoisotopic (exact) mass is 544 g/mol. The van der Waals surface area contributed by atoms with E-state index in [1.54, 1.807) is 48.5 Å². The predicted octanol–water partition coefficient (Wildman–Crippen LogP) is 9.06. The van der Waals surface area contributed by atoms with Gasteiger partial charge >= 0.3 is 0 Å². The van der Waals surface area contributed by atoms with Crippen molar-refractivity contribution in [1.82, 2.24) is 0 Å². The second-order valence-corrected chi connectivity index (χ2v) is 13.2. The highest BCUT2D eigenvalue weighted by Crippen LogP contribution is 2.34. The Labute approximate surface area is 234 Å². The molecule has 1 N–H and O–H groups in total. The van der Waals surface area contributed by atoms with Crippen molar-refractivity contribution in [3.8, 4) is 17.2 Å². The molecule has 0 atom stereocenters. The molecule has 5 heteroatoms. The Balaban J connectivity index is 0.00000134. The Morgan fingerprint density at radius 3 is 1.33 bits per heavy atom. The number of hydrogen-bond donors (Lipinski definition) is 1. The van der Waals surface area contributed by atoms with Gasteiger partial charge in [-0.15, -0.1) is 0 Å². The molecule has 0 saturated heterocycles. The molecule has 0 aliphatic heterocycles. The van der Waals surface area contributed by atoms with Gasteiger partial charge in [0.2, 0.25) is 9.84 Å². The fraction of sp³-hybridized carbons (Fsp3) is 0.294. The van der Waals surface area contributed by atoms with Crippen LogP contribution < -0.4 is 4.74 Å².